The summed E-state index contributed by atoms with van der Waals surface area (Å²) in [6, 6.07) is 24.5. The second-order valence-electron chi connectivity index (χ2n) is 10.3. The summed E-state index contributed by atoms with van der Waals surface area (Å²) in [5, 5.41) is 11.5. The number of carbonyl (C=O) groups is 1. The van der Waals surface area contributed by atoms with Crippen molar-refractivity contribution >= 4 is 17.6 Å². The van der Waals surface area contributed by atoms with E-state index in [1.165, 1.54) is 0 Å². The van der Waals surface area contributed by atoms with Crippen LogP contribution in [0.25, 0.3) is 11.1 Å². The number of ether oxygens (including phenoxy) is 2. The fraction of sp³-hybridized carbons (Fsp3) is 0.312. The standard InChI is InChI=1S/C32H39N7O3/c1-23(2)18-20-41-29-16-8-6-13-26(29)27-14-7-9-17-30(27)42-22-25-21-39(38-37-25)28(15-10-19-35-32(33)34)31(40)36-24-11-4-3-5-12-24/h3-9,11-14,16-17,21,23,28H,10,15,18-20,22H2,1-2H3,(H,36,40)(H4,33,34,35)/t28-/m1/s1. The van der Waals surface area contributed by atoms with Gasteiger partial charge in [-0.15, -0.1) is 5.10 Å². The molecule has 1 heterocycles. The van der Waals surface area contributed by atoms with Gasteiger partial charge in [0.05, 0.1) is 12.8 Å². The monoisotopic (exact) mass is 569 g/mol. The predicted molar refractivity (Wildman–Crippen MR) is 165 cm³/mol. The number of carbonyl (C=O) groups excluding carboxylic acids is 1. The lowest BCUT2D eigenvalue weighted by Gasteiger charge is -2.16. The average Bonchev–Trinajstić information content (AvgIpc) is 3.45. The van der Waals surface area contributed by atoms with Gasteiger partial charge in [0.2, 0.25) is 5.91 Å². The zero-order valence-corrected chi connectivity index (χ0v) is 24.1. The maximum absolute atomic E-state index is 13.2. The van der Waals surface area contributed by atoms with E-state index >= 15 is 0 Å². The van der Waals surface area contributed by atoms with Crippen LogP contribution in [0, 0.1) is 5.92 Å². The van der Waals surface area contributed by atoms with Crippen LogP contribution in [0.2, 0.25) is 0 Å². The van der Waals surface area contributed by atoms with Crippen molar-refractivity contribution in [3.05, 3.63) is 90.8 Å². The molecule has 0 saturated heterocycles. The Kier molecular flexibility index (Phi) is 10.9. The van der Waals surface area contributed by atoms with Gasteiger partial charge in [0, 0.05) is 23.4 Å². The van der Waals surface area contributed by atoms with Crippen molar-refractivity contribution in [2.75, 3.05) is 18.5 Å². The molecule has 4 aromatic rings. The van der Waals surface area contributed by atoms with Crippen LogP contribution in [0.5, 0.6) is 11.5 Å². The molecule has 1 atom stereocenters. The van der Waals surface area contributed by atoms with E-state index in [-0.39, 0.29) is 18.5 Å². The van der Waals surface area contributed by atoms with E-state index in [1.807, 2.05) is 78.9 Å². The van der Waals surface area contributed by atoms with Crippen molar-refractivity contribution in [2.45, 2.75) is 45.8 Å². The number of guanidine groups is 1. The largest absolute Gasteiger partial charge is 0.493 e. The van der Waals surface area contributed by atoms with Gasteiger partial charge in [0.15, 0.2) is 5.96 Å². The Morgan fingerprint density at radius 3 is 2.21 bits per heavy atom. The van der Waals surface area contributed by atoms with Crippen LogP contribution < -0.4 is 26.3 Å². The second kappa shape index (κ2) is 15.2. The highest BCUT2D eigenvalue weighted by atomic mass is 16.5. The van der Waals surface area contributed by atoms with Crippen molar-refractivity contribution in [3.63, 3.8) is 0 Å². The molecule has 10 nitrogen and oxygen atoms in total. The fourth-order valence-corrected chi connectivity index (χ4v) is 4.34. The van der Waals surface area contributed by atoms with Gasteiger partial charge in [-0.3, -0.25) is 9.79 Å². The topological polar surface area (TPSA) is 143 Å². The van der Waals surface area contributed by atoms with Crippen molar-refractivity contribution in [1.29, 1.82) is 0 Å². The Bertz CT molecular complexity index is 1450. The van der Waals surface area contributed by atoms with E-state index < -0.39 is 6.04 Å². The molecule has 0 aliphatic rings. The number of nitrogens with zero attached hydrogens (tertiary/aromatic N) is 4. The lowest BCUT2D eigenvalue weighted by molar-refractivity contribution is -0.119. The highest BCUT2D eigenvalue weighted by Crippen LogP contribution is 2.36. The molecule has 0 radical (unpaired) electrons. The van der Waals surface area contributed by atoms with Gasteiger partial charge >= 0.3 is 0 Å². The minimum atomic E-state index is -0.609. The first kappa shape index (κ1) is 30.1. The van der Waals surface area contributed by atoms with E-state index in [4.69, 9.17) is 20.9 Å². The number of amides is 1. The molecule has 42 heavy (non-hydrogen) atoms. The highest BCUT2D eigenvalue weighted by molar-refractivity contribution is 5.93. The minimum Gasteiger partial charge on any atom is -0.493 e. The maximum atomic E-state index is 13.2. The van der Waals surface area contributed by atoms with Crippen LogP contribution in [-0.4, -0.2) is 40.0 Å². The predicted octanol–water partition coefficient (Wildman–Crippen LogP) is 5.18. The van der Waals surface area contributed by atoms with Crippen molar-refractivity contribution in [3.8, 4) is 22.6 Å². The van der Waals surface area contributed by atoms with Crippen LogP contribution in [-0.2, 0) is 11.4 Å². The SMILES string of the molecule is CC(C)CCOc1ccccc1-c1ccccc1OCc1cn([C@H](CCCN=C(N)N)C(=O)Nc2ccccc2)nn1. The normalized spacial score (nSPS) is 11.6. The van der Waals surface area contributed by atoms with Crippen LogP contribution in [0.4, 0.5) is 5.69 Å². The molecule has 0 unspecified atom stereocenters. The van der Waals surface area contributed by atoms with Gasteiger partial charge in [-0.25, -0.2) is 4.68 Å². The third-order valence-electron chi connectivity index (χ3n) is 6.54. The fourth-order valence-electron chi connectivity index (χ4n) is 4.34. The van der Waals surface area contributed by atoms with Crippen LogP contribution in [0.1, 0.15) is 44.8 Å². The summed E-state index contributed by atoms with van der Waals surface area (Å²) in [7, 11) is 0. The Balaban J connectivity index is 1.48. The number of rotatable bonds is 15. The number of para-hydroxylation sites is 3. The van der Waals surface area contributed by atoms with E-state index in [0.717, 1.165) is 23.3 Å². The van der Waals surface area contributed by atoms with Crippen LogP contribution in [0.3, 0.4) is 0 Å². The third kappa shape index (κ3) is 8.82. The first-order chi connectivity index (χ1) is 20.4. The minimum absolute atomic E-state index is 0.0190. The van der Waals surface area contributed by atoms with Crippen LogP contribution >= 0.6 is 0 Å². The number of anilines is 1. The molecule has 10 heteroatoms. The van der Waals surface area contributed by atoms with Crippen molar-refractivity contribution < 1.29 is 14.3 Å². The summed E-state index contributed by atoms with van der Waals surface area (Å²) < 4.78 is 13.9. The molecule has 0 aliphatic carbocycles. The number of hydrogen-bond acceptors (Lipinski definition) is 6. The molecule has 0 bridgehead atoms. The van der Waals surface area contributed by atoms with Gasteiger partial charge in [0.25, 0.3) is 0 Å². The van der Waals surface area contributed by atoms with E-state index in [0.29, 0.717) is 49.0 Å². The Labute approximate surface area is 246 Å². The maximum Gasteiger partial charge on any atom is 0.249 e. The molecule has 0 spiro atoms. The molecular formula is C32H39N7O3. The number of nitrogens with one attached hydrogen (secondary N) is 1. The second-order valence-corrected chi connectivity index (χ2v) is 10.3. The number of benzene rings is 3. The zero-order valence-electron chi connectivity index (χ0n) is 24.1. The quantitative estimate of drug-likeness (QED) is 0.102. The highest BCUT2D eigenvalue weighted by Gasteiger charge is 2.22. The summed E-state index contributed by atoms with van der Waals surface area (Å²) in [4.78, 5) is 17.3. The molecule has 1 amide bonds. The summed E-state index contributed by atoms with van der Waals surface area (Å²) in [5.74, 6) is 1.88. The molecular weight excluding hydrogens is 530 g/mol. The van der Waals surface area contributed by atoms with Crippen LogP contribution in [0.15, 0.2) is 90.1 Å². The van der Waals surface area contributed by atoms with E-state index in [2.05, 4.69) is 34.5 Å². The first-order valence-corrected chi connectivity index (χ1v) is 14.2. The molecule has 5 N–H and O–H groups in total. The van der Waals surface area contributed by atoms with Gasteiger partial charge in [0.1, 0.15) is 29.8 Å². The van der Waals surface area contributed by atoms with Gasteiger partial charge in [-0.1, -0.05) is 73.7 Å². The van der Waals surface area contributed by atoms with Gasteiger partial charge < -0.3 is 26.3 Å². The Hall–Kier alpha value is -4.86. The number of aliphatic imine (C=N–C) groups is 1. The molecule has 0 saturated carbocycles. The number of aromatic nitrogens is 3. The van der Waals surface area contributed by atoms with E-state index in [1.54, 1.807) is 10.9 Å². The summed E-state index contributed by atoms with van der Waals surface area (Å²) in [6.07, 6.45) is 3.76. The van der Waals surface area contributed by atoms with Gasteiger partial charge in [-0.2, -0.15) is 0 Å². The zero-order chi connectivity index (χ0) is 29.7. The van der Waals surface area contributed by atoms with Crippen molar-refractivity contribution in [1.82, 2.24) is 15.0 Å². The summed E-state index contributed by atoms with van der Waals surface area (Å²) in [5.41, 5.74) is 14.1. The molecule has 1 aromatic heterocycles. The molecule has 4 rings (SSSR count). The van der Waals surface area contributed by atoms with E-state index in [9.17, 15) is 4.79 Å². The lowest BCUT2D eigenvalue weighted by atomic mass is 10.0. The molecule has 3 aromatic carbocycles. The lowest BCUT2D eigenvalue weighted by Crippen LogP contribution is -2.27. The smallest absolute Gasteiger partial charge is 0.249 e. The molecule has 0 aliphatic heterocycles. The Morgan fingerprint density at radius 2 is 1.55 bits per heavy atom. The summed E-state index contributed by atoms with van der Waals surface area (Å²) >= 11 is 0. The third-order valence-corrected chi connectivity index (χ3v) is 6.54. The number of hydrogen-bond donors (Lipinski definition) is 3. The Morgan fingerprint density at radius 1 is 0.905 bits per heavy atom. The molecule has 0 fully saturated rings. The summed E-state index contributed by atoms with van der Waals surface area (Å²) in [6.45, 7) is 5.58. The van der Waals surface area contributed by atoms with Crippen molar-refractivity contribution in [2.24, 2.45) is 22.4 Å². The van der Waals surface area contributed by atoms with Gasteiger partial charge in [-0.05, 0) is 49.4 Å². The number of nitrogens with two attached hydrogens (primary N) is 2. The first-order valence-electron chi connectivity index (χ1n) is 14.2. The molecule has 220 valence electrons. The average molecular weight is 570 g/mol.